The van der Waals surface area contributed by atoms with Gasteiger partial charge in [-0.2, -0.15) is 0 Å². The zero-order valence-electron chi connectivity index (χ0n) is 17.7. The molecule has 1 aliphatic heterocycles. The number of aliphatic hydroxyl groups excluding tert-OH is 1. The van der Waals surface area contributed by atoms with Gasteiger partial charge < -0.3 is 14.9 Å². The Morgan fingerprint density at radius 2 is 1.94 bits per heavy atom. The van der Waals surface area contributed by atoms with E-state index in [4.69, 9.17) is 4.74 Å². The number of nitrogens with zero attached hydrogens (tertiary/aromatic N) is 3. The van der Waals surface area contributed by atoms with Crippen LogP contribution in [0.5, 0.6) is 0 Å². The monoisotopic (exact) mass is 468 g/mol. The van der Waals surface area contributed by atoms with Gasteiger partial charge in [0.1, 0.15) is 17.1 Å². The standard InChI is InChI=1S/C21H29FN4O5S/c22-15-3-6-17(7-4-15)32(29,30)24-18-8-5-16(31-19(18)14-27)9-12-26-13-20(23-25-26)21(28)10-1-2-11-21/h3-4,6-7,13,16,18-19,24,27-28H,1-2,5,8-12,14H2/t16-,18-,19-/m0/s1. The second kappa shape index (κ2) is 9.52. The highest BCUT2D eigenvalue weighted by molar-refractivity contribution is 7.89. The Morgan fingerprint density at radius 3 is 2.62 bits per heavy atom. The molecule has 0 spiro atoms. The molecule has 2 aliphatic rings. The predicted molar refractivity (Wildman–Crippen MR) is 112 cm³/mol. The Balaban J connectivity index is 1.32. The number of hydrogen-bond donors (Lipinski definition) is 3. The van der Waals surface area contributed by atoms with E-state index in [-0.39, 0.29) is 17.6 Å². The quantitative estimate of drug-likeness (QED) is 0.535. The smallest absolute Gasteiger partial charge is 0.240 e. The molecule has 0 radical (unpaired) electrons. The Morgan fingerprint density at radius 1 is 1.22 bits per heavy atom. The molecule has 0 unspecified atom stereocenters. The van der Waals surface area contributed by atoms with Gasteiger partial charge in [-0.15, -0.1) is 5.10 Å². The van der Waals surface area contributed by atoms with E-state index in [0.717, 1.165) is 25.0 Å². The van der Waals surface area contributed by atoms with Gasteiger partial charge in [-0.1, -0.05) is 18.1 Å². The Labute approximate surface area is 186 Å². The number of aliphatic hydroxyl groups is 2. The van der Waals surface area contributed by atoms with Crippen LogP contribution in [0.1, 0.15) is 50.6 Å². The molecular weight excluding hydrogens is 439 g/mol. The molecule has 32 heavy (non-hydrogen) atoms. The molecule has 1 aromatic heterocycles. The van der Waals surface area contributed by atoms with Gasteiger partial charge in [-0.3, -0.25) is 4.68 Å². The lowest BCUT2D eigenvalue weighted by atomic mass is 9.98. The number of nitrogens with one attached hydrogen (secondary N) is 1. The molecule has 2 aromatic rings. The van der Waals surface area contributed by atoms with Crippen molar-refractivity contribution in [3.63, 3.8) is 0 Å². The average molecular weight is 469 g/mol. The summed E-state index contributed by atoms with van der Waals surface area (Å²) in [7, 11) is -3.86. The van der Waals surface area contributed by atoms with Gasteiger partial charge in [-0.05, 0) is 56.4 Å². The maximum Gasteiger partial charge on any atom is 0.240 e. The van der Waals surface area contributed by atoms with Crippen LogP contribution in [-0.4, -0.2) is 58.5 Å². The number of hydrogen-bond acceptors (Lipinski definition) is 7. The van der Waals surface area contributed by atoms with Crippen molar-refractivity contribution in [2.75, 3.05) is 6.61 Å². The molecule has 3 atom stereocenters. The SMILES string of the molecule is O=S(=O)(N[C@H]1CC[C@@H](CCn2cc(C3(O)CCCC3)nn2)O[C@H]1CO)c1ccc(F)cc1. The van der Waals surface area contributed by atoms with Crippen LogP contribution in [0, 0.1) is 5.82 Å². The third kappa shape index (κ3) is 5.18. The molecule has 1 saturated heterocycles. The van der Waals surface area contributed by atoms with Crippen LogP contribution in [0.15, 0.2) is 35.4 Å². The highest BCUT2D eigenvalue weighted by Gasteiger charge is 2.36. The lowest BCUT2D eigenvalue weighted by Crippen LogP contribution is -2.50. The van der Waals surface area contributed by atoms with Gasteiger partial charge in [0.25, 0.3) is 0 Å². The molecule has 1 aromatic carbocycles. The number of aromatic nitrogens is 3. The number of ether oxygens (including phenoxy) is 1. The highest BCUT2D eigenvalue weighted by atomic mass is 32.2. The van der Waals surface area contributed by atoms with Crippen molar-refractivity contribution >= 4 is 10.0 Å². The van der Waals surface area contributed by atoms with Gasteiger partial charge in [0.15, 0.2) is 0 Å². The molecule has 3 N–H and O–H groups in total. The molecule has 176 valence electrons. The van der Waals surface area contributed by atoms with E-state index in [9.17, 15) is 23.0 Å². The van der Waals surface area contributed by atoms with E-state index < -0.39 is 33.6 Å². The predicted octanol–water partition coefficient (Wildman–Crippen LogP) is 1.46. The third-order valence-corrected chi connectivity index (χ3v) is 7.86. The lowest BCUT2D eigenvalue weighted by molar-refractivity contribution is -0.0891. The van der Waals surface area contributed by atoms with E-state index in [1.165, 1.54) is 12.1 Å². The molecule has 2 heterocycles. The Hall–Kier alpha value is -1.92. The number of halogens is 1. The first-order chi connectivity index (χ1) is 15.3. The van der Waals surface area contributed by atoms with E-state index in [1.54, 1.807) is 10.9 Å². The second-order valence-corrected chi connectivity index (χ2v) is 10.3. The first-order valence-corrected chi connectivity index (χ1v) is 12.4. The summed E-state index contributed by atoms with van der Waals surface area (Å²) in [5, 5.41) is 28.6. The van der Waals surface area contributed by atoms with Crippen molar-refractivity contribution < 1.29 is 27.8 Å². The Kier molecular flexibility index (Phi) is 6.91. The fraction of sp³-hybridized carbons (Fsp3) is 0.619. The summed E-state index contributed by atoms with van der Waals surface area (Å²) in [6.07, 6.45) is 6.01. The summed E-state index contributed by atoms with van der Waals surface area (Å²) in [5.41, 5.74) is -0.278. The van der Waals surface area contributed by atoms with Gasteiger partial charge >= 0.3 is 0 Å². The van der Waals surface area contributed by atoms with Crippen molar-refractivity contribution in [1.82, 2.24) is 19.7 Å². The molecule has 1 aliphatic carbocycles. The minimum Gasteiger partial charge on any atom is -0.394 e. The zero-order valence-corrected chi connectivity index (χ0v) is 18.5. The van der Waals surface area contributed by atoms with Crippen molar-refractivity contribution in [2.24, 2.45) is 0 Å². The minimum absolute atomic E-state index is 0.0383. The summed E-state index contributed by atoms with van der Waals surface area (Å²) < 4.78 is 48.5. The van der Waals surface area contributed by atoms with Crippen molar-refractivity contribution in [3.05, 3.63) is 42.0 Å². The summed E-state index contributed by atoms with van der Waals surface area (Å²) in [6, 6.07) is 4.00. The van der Waals surface area contributed by atoms with Gasteiger partial charge in [0, 0.05) is 6.54 Å². The second-order valence-electron chi connectivity index (χ2n) is 8.63. The van der Waals surface area contributed by atoms with E-state index in [0.29, 0.717) is 44.3 Å². The number of rotatable bonds is 8. The van der Waals surface area contributed by atoms with Crippen LogP contribution < -0.4 is 4.72 Å². The zero-order chi connectivity index (χ0) is 22.8. The number of sulfonamides is 1. The first kappa shape index (κ1) is 23.2. The molecule has 2 fully saturated rings. The Bertz CT molecular complexity index is 1010. The van der Waals surface area contributed by atoms with Gasteiger partial charge in [0.2, 0.25) is 10.0 Å². The first-order valence-electron chi connectivity index (χ1n) is 11.0. The highest BCUT2D eigenvalue weighted by Crippen LogP contribution is 2.37. The number of aryl methyl sites for hydroxylation is 1. The van der Waals surface area contributed by atoms with Crippen LogP contribution in [0.4, 0.5) is 4.39 Å². The van der Waals surface area contributed by atoms with Crippen molar-refractivity contribution in [3.8, 4) is 0 Å². The minimum atomic E-state index is -3.86. The largest absolute Gasteiger partial charge is 0.394 e. The fourth-order valence-corrected chi connectivity index (χ4v) is 5.77. The van der Waals surface area contributed by atoms with Crippen LogP contribution in [0.3, 0.4) is 0 Å². The third-order valence-electron chi connectivity index (χ3n) is 6.35. The fourth-order valence-electron chi connectivity index (χ4n) is 4.47. The van der Waals surface area contributed by atoms with Crippen LogP contribution in [0.25, 0.3) is 0 Å². The normalized spacial score (nSPS) is 25.8. The lowest BCUT2D eigenvalue weighted by Gasteiger charge is -2.36. The maximum absolute atomic E-state index is 13.1. The van der Waals surface area contributed by atoms with E-state index >= 15 is 0 Å². The molecule has 0 bridgehead atoms. The summed E-state index contributed by atoms with van der Waals surface area (Å²) in [6.45, 7) is 0.214. The molecule has 9 nitrogen and oxygen atoms in total. The summed E-state index contributed by atoms with van der Waals surface area (Å²) in [4.78, 5) is -0.0383. The van der Waals surface area contributed by atoms with E-state index in [2.05, 4.69) is 15.0 Å². The van der Waals surface area contributed by atoms with Gasteiger partial charge in [0.05, 0.1) is 35.9 Å². The summed E-state index contributed by atoms with van der Waals surface area (Å²) >= 11 is 0. The molecule has 11 heteroatoms. The van der Waals surface area contributed by atoms with Crippen LogP contribution in [0.2, 0.25) is 0 Å². The maximum atomic E-state index is 13.1. The van der Waals surface area contributed by atoms with Crippen LogP contribution in [-0.2, 0) is 26.9 Å². The average Bonchev–Trinajstić information content (AvgIpc) is 3.43. The van der Waals surface area contributed by atoms with Crippen molar-refractivity contribution in [1.29, 1.82) is 0 Å². The molecule has 4 rings (SSSR count). The van der Waals surface area contributed by atoms with E-state index in [1.807, 2.05) is 0 Å². The number of benzene rings is 1. The molecule has 0 amide bonds. The summed E-state index contributed by atoms with van der Waals surface area (Å²) in [5.74, 6) is -0.516. The molecule has 1 saturated carbocycles. The van der Waals surface area contributed by atoms with Crippen LogP contribution >= 0.6 is 0 Å². The van der Waals surface area contributed by atoms with Crippen molar-refractivity contribution in [2.45, 2.75) is 80.2 Å². The topological polar surface area (TPSA) is 127 Å². The molecular formula is C21H29FN4O5S. The van der Waals surface area contributed by atoms with Gasteiger partial charge in [-0.25, -0.2) is 17.5 Å².